The Kier molecular flexibility index (Phi) is 4.33. The normalized spacial score (nSPS) is 17.6. The van der Waals surface area contributed by atoms with Crippen LogP contribution in [0, 0.1) is 0 Å². The van der Waals surface area contributed by atoms with Gasteiger partial charge in [0, 0.05) is 13.1 Å². The average molecular weight is 292 g/mol. The van der Waals surface area contributed by atoms with E-state index in [-0.39, 0.29) is 5.69 Å². The molecule has 1 saturated heterocycles. The lowest BCUT2D eigenvalue weighted by Gasteiger charge is -2.28. The standard InChI is InChI=1S/C11H14F2N2O3S/c12-11(13)19(16,17)10-4-2-1-3-9(10)14-15-5-7-18-8-6-15/h1-4,11,14H,5-8H2. The number of nitrogens with zero attached hydrogens (tertiary/aromatic N) is 1. The van der Waals surface area contributed by atoms with Gasteiger partial charge in [0.15, 0.2) is 0 Å². The van der Waals surface area contributed by atoms with E-state index < -0.39 is 20.5 Å². The summed E-state index contributed by atoms with van der Waals surface area (Å²) in [7, 11) is -4.61. The molecule has 0 unspecified atom stereocenters. The van der Waals surface area contributed by atoms with Gasteiger partial charge in [-0.15, -0.1) is 0 Å². The highest BCUT2D eigenvalue weighted by atomic mass is 32.2. The van der Waals surface area contributed by atoms with Crippen LogP contribution in [0.4, 0.5) is 14.5 Å². The summed E-state index contributed by atoms with van der Waals surface area (Å²) in [5.41, 5.74) is 3.01. The number of morpholine rings is 1. The number of sulfone groups is 1. The molecule has 2 rings (SSSR count). The summed E-state index contributed by atoms with van der Waals surface area (Å²) < 4.78 is 53.5. The first-order valence-electron chi connectivity index (χ1n) is 5.72. The van der Waals surface area contributed by atoms with Crippen LogP contribution >= 0.6 is 0 Å². The fourth-order valence-corrected chi connectivity index (χ4v) is 2.63. The van der Waals surface area contributed by atoms with Crippen molar-refractivity contribution in [3.05, 3.63) is 24.3 Å². The number of alkyl halides is 2. The van der Waals surface area contributed by atoms with Crippen molar-refractivity contribution in [3.8, 4) is 0 Å². The Morgan fingerprint density at radius 1 is 1.21 bits per heavy atom. The molecule has 1 aliphatic heterocycles. The second kappa shape index (κ2) is 5.81. The number of benzene rings is 1. The molecule has 0 spiro atoms. The van der Waals surface area contributed by atoms with Gasteiger partial charge in [-0.3, -0.25) is 0 Å². The third kappa shape index (κ3) is 3.20. The van der Waals surface area contributed by atoms with Crippen LogP contribution in [-0.4, -0.2) is 45.5 Å². The van der Waals surface area contributed by atoms with Crippen molar-refractivity contribution in [2.45, 2.75) is 10.7 Å². The van der Waals surface area contributed by atoms with Gasteiger partial charge < -0.3 is 10.2 Å². The fourth-order valence-electron chi connectivity index (χ4n) is 1.75. The van der Waals surface area contributed by atoms with Crippen molar-refractivity contribution in [2.75, 3.05) is 31.7 Å². The van der Waals surface area contributed by atoms with E-state index in [9.17, 15) is 17.2 Å². The Morgan fingerprint density at radius 3 is 2.47 bits per heavy atom. The lowest BCUT2D eigenvalue weighted by atomic mass is 10.3. The Hall–Kier alpha value is -1.25. The number of anilines is 1. The predicted octanol–water partition coefficient (Wildman–Crippen LogP) is 1.34. The molecule has 1 fully saturated rings. The lowest BCUT2D eigenvalue weighted by molar-refractivity contribution is 0.0495. The predicted molar refractivity (Wildman–Crippen MR) is 65.6 cm³/mol. The summed E-state index contributed by atoms with van der Waals surface area (Å²) in [6.45, 7) is 2.14. The van der Waals surface area contributed by atoms with E-state index in [1.165, 1.54) is 18.2 Å². The maximum Gasteiger partial charge on any atom is 0.341 e. The number of ether oxygens (including phenoxy) is 1. The zero-order valence-electron chi connectivity index (χ0n) is 10.1. The van der Waals surface area contributed by atoms with Gasteiger partial charge in [0.25, 0.3) is 0 Å². The Labute approximate surface area is 110 Å². The third-order valence-corrected chi connectivity index (χ3v) is 4.16. The van der Waals surface area contributed by atoms with Crippen molar-refractivity contribution in [3.63, 3.8) is 0 Å². The first-order chi connectivity index (χ1) is 9.01. The van der Waals surface area contributed by atoms with Gasteiger partial charge in [0.2, 0.25) is 9.84 Å². The molecule has 0 aromatic heterocycles. The van der Waals surface area contributed by atoms with E-state index in [1.807, 2.05) is 0 Å². The molecule has 106 valence electrons. The van der Waals surface area contributed by atoms with Crippen LogP contribution in [-0.2, 0) is 14.6 Å². The SMILES string of the molecule is O=S(=O)(c1ccccc1NN1CCOCC1)C(F)F. The zero-order chi connectivity index (χ0) is 13.9. The fraction of sp³-hybridized carbons (Fsp3) is 0.455. The van der Waals surface area contributed by atoms with E-state index in [4.69, 9.17) is 4.74 Å². The van der Waals surface area contributed by atoms with Crippen molar-refractivity contribution in [1.29, 1.82) is 0 Å². The molecule has 19 heavy (non-hydrogen) atoms. The highest BCUT2D eigenvalue weighted by molar-refractivity contribution is 7.91. The highest BCUT2D eigenvalue weighted by Gasteiger charge is 2.29. The van der Waals surface area contributed by atoms with Crippen molar-refractivity contribution in [2.24, 2.45) is 0 Å². The molecule has 1 aromatic rings. The van der Waals surface area contributed by atoms with Crippen LogP contribution in [0.25, 0.3) is 0 Å². The number of hydrogen-bond donors (Lipinski definition) is 1. The van der Waals surface area contributed by atoms with Gasteiger partial charge in [-0.1, -0.05) is 12.1 Å². The summed E-state index contributed by atoms with van der Waals surface area (Å²) in [6, 6.07) is 5.64. The number of nitrogens with one attached hydrogen (secondary N) is 1. The van der Waals surface area contributed by atoms with E-state index in [1.54, 1.807) is 11.1 Å². The summed E-state index contributed by atoms with van der Waals surface area (Å²) in [6.07, 6.45) is 0. The number of halogens is 2. The van der Waals surface area contributed by atoms with Gasteiger partial charge in [0.1, 0.15) is 0 Å². The van der Waals surface area contributed by atoms with Crippen LogP contribution in [0.3, 0.4) is 0 Å². The summed E-state index contributed by atoms with van der Waals surface area (Å²) in [5, 5.41) is 1.74. The average Bonchev–Trinajstić information content (AvgIpc) is 2.40. The molecule has 8 heteroatoms. The van der Waals surface area contributed by atoms with Crippen LogP contribution in [0.5, 0.6) is 0 Å². The minimum absolute atomic E-state index is 0.157. The van der Waals surface area contributed by atoms with Crippen LogP contribution in [0.1, 0.15) is 0 Å². The Balaban J connectivity index is 2.26. The number of para-hydroxylation sites is 1. The molecule has 1 aliphatic rings. The highest BCUT2D eigenvalue weighted by Crippen LogP contribution is 2.26. The second-order valence-electron chi connectivity index (χ2n) is 4.01. The summed E-state index contributed by atoms with van der Waals surface area (Å²) in [5.74, 6) is -3.43. The monoisotopic (exact) mass is 292 g/mol. The molecular formula is C11H14F2N2O3S. The zero-order valence-corrected chi connectivity index (χ0v) is 10.9. The molecule has 0 bridgehead atoms. The van der Waals surface area contributed by atoms with Crippen LogP contribution in [0.2, 0.25) is 0 Å². The largest absolute Gasteiger partial charge is 0.379 e. The first-order valence-corrected chi connectivity index (χ1v) is 7.27. The van der Waals surface area contributed by atoms with E-state index >= 15 is 0 Å². The van der Waals surface area contributed by atoms with Gasteiger partial charge in [0.05, 0.1) is 23.8 Å². The van der Waals surface area contributed by atoms with Crippen LogP contribution in [0.15, 0.2) is 29.2 Å². The number of hydrazine groups is 1. The van der Waals surface area contributed by atoms with Gasteiger partial charge in [-0.25, -0.2) is 13.4 Å². The molecule has 5 nitrogen and oxygen atoms in total. The van der Waals surface area contributed by atoms with E-state index in [0.29, 0.717) is 26.3 Å². The lowest BCUT2D eigenvalue weighted by Crippen LogP contribution is -2.40. The minimum Gasteiger partial charge on any atom is -0.379 e. The van der Waals surface area contributed by atoms with Crippen molar-refractivity contribution in [1.82, 2.24) is 5.01 Å². The molecule has 0 aliphatic carbocycles. The molecule has 1 aromatic carbocycles. The summed E-state index contributed by atoms with van der Waals surface area (Å²) in [4.78, 5) is -0.392. The van der Waals surface area contributed by atoms with Crippen molar-refractivity contribution < 1.29 is 21.9 Å². The molecular weight excluding hydrogens is 278 g/mol. The maximum absolute atomic E-state index is 12.6. The molecule has 0 atom stereocenters. The molecule has 1 heterocycles. The van der Waals surface area contributed by atoms with E-state index in [0.717, 1.165) is 0 Å². The molecule has 0 saturated carbocycles. The smallest absolute Gasteiger partial charge is 0.341 e. The van der Waals surface area contributed by atoms with Gasteiger partial charge in [-0.05, 0) is 12.1 Å². The number of hydrogen-bond acceptors (Lipinski definition) is 5. The minimum atomic E-state index is -4.61. The Bertz CT molecular complexity index is 530. The molecule has 1 N–H and O–H groups in total. The van der Waals surface area contributed by atoms with Gasteiger partial charge >= 0.3 is 5.76 Å². The van der Waals surface area contributed by atoms with Crippen LogP contribution < -0.4 is 5.43 Å². The third-order valence-electron chi connectivity index (χ3n) is 2.72. The number of rotatable bonds is 4. The van der Waals surface area contributed by atoms with Crippen molar-refractivity contribution >= 4 is 15.5 Å². The molecule has 0 amide bonds. The molecule has 0 radical (unpaired) electrons. The van der Waals surface area contributed by atoms with Gasteiger partial charge in [-0.2, -0.15) is 8.78 Å². The topological polar surface area (TPSA) is 58.6 Å². The maximum atomic E-state index is 12.6. The first kappa shape index (κ1) is 14.2. The Morgan fingerprint density at radius 2 is 1.84 bits per heavy atom. The second-order valence-corrected chi connectivity index (χ2v) is 5.90. The quantitative estimate of drug-likeness (QED) is 0.907. The summed E-state index contributed by atoms with van der Waals surface area (Å²) >= 11 is 0. The van der Waals surface area contributed by atoms with E-state index in [2.05, 4.69) is 5.43 Å².